The highest BCUT2D eigenvalue weighted by Crippen LogP contribution is 2.41. The first-order valence-electron chi connectivity index (χ1n) is 22.2. The molecule has 3 fully saturated rings. The van der Waals surface area contributed by atoms with Gasteiger partial charge in [-0.25, -0.2) is 0 Å². The van der Waals surface area contributed by atoms with E-state index in [1.165, 1.54) is 17.3 Å². The molecule has 3 aromatic carbocycles. The summed E-state index contributed by atoms with van der Waals surface area (Å²) in [7, 11) is 0. The highest BCUT2D eigenvalue weighted by atomic mass is 19.4. The van der Waals surface area contributed by atoms with Gasteiger partial charge in [0.1, 0.15) is 0 Å². The van der Waals surface area contributed by atoms with Crippen LogP contribution < -0.4 is 14.7 Å². The standard InChI is InChI=1S/C48H52F3N9O2/c1-32(61)58-26-18-45-42(31-58)46(59-19-2-3-37-27-33(29-52)4-11-44(37)59)54-60(45)40-16-24-57(25-17-40)47(62)36-14-22-55(23-15-36)39-8-5-34(6-9-39)35-12-20-56(21-13-35)41-10-7-38(30-53)43(28-41)48(49,50)51/h4-11,27-28,35-36,40H,2-3,12-26,31H2,1H3. The molecule has 14 heteroatoms. The van der Waals surface area contributed by atoms with Crippen molar-refractivity contribution in [2.75, 3.05) is 67.1 Å². The number of carbonyl (C=O) groups excluding carboxylic acids is 2. The Morgan fingerprint density at radius 1 is 0.742 bits per heavy atom. The van der Waals surface area contributed by atoms with Crippen LogP contribution in [0.15, 0.2) is 60.7 Å². The van der Waals surface area contributed by atoms with Gasteiger partial charge in [-0.15, -0.1) is 0 Å². The van der Waals surface area contributed by atoms with Crippen molar-refractivity contribution in [3.05, 3.63) is 99.7 Å². The predicted molar refractivity (Wildman–Crippen MR) is 230 cm³/mol. The van der Waals surface area contributed by atoms with Gasteiger partial charge < -0.3 is 24.5 Å². The lowest BCUT2D eigenvalue weighted by Gasteiger charge is -2.38. The zero-order valence-corrected chi connectivity index (χ0v) is 35.2. The molecule has 0 spiro atoms. The number of piperidine rings is 3. The topological polar surface area (TPSA) is 116 Å². The van der Waals surface area contributed by atoms with Gasteiger partial charge in [-0.05, 0) is 117 Å². The van der Waals surface area contributed by atoms with E-state index in [9.17, 15) is 28.0 Å². The second kappa shape index (κ2) is 17.0. The number of fused-ring (bicyclic) bond motifs is 2. The van der Waals surface area contributed by atoms with Crippen LogP contribution in [0.25, 0.3) is 0 Å². The van der Waals surface area contributed by atoms with Crippen molar-refractivity contribution in [1.29, 1.82) is 10.5 Å². The minimum Gasteiger partial charge on any atom is -0.371 e. The molecule has 2 amide bonds. The molecule has 0 N–H and O–H groups in total. The third kappa shape index (κ3) is 8.07. The van der Waals surface area contributed by atoms with Gasteiger partial charge in [0, 0.05) is 99.9 Å². The third-order valence-corrected chi connectivity index (χ3v) is 14.1. The van der Waals surface area contributed by atoms with E-state index >= 15 is 0 Å². The molecule has 0 atom stereocenters. The first-order valence-corrected chi connectivity index (χ1v) is 22.2. The molecule has 0 saturated carbocycles. The Hall–Kier alpha value is -6.02. The summed E-state index contributed by atoms with van der Waals surface area (Å²) >= 11 is 0. The van der Waals surface area contributed by atoms with E-state index in [2.05, 4.69) is 49.7 Å². The molecule has 6 heterocycles. The average molecular weight is 844 g/mol. The number of nitrogens with zero attached hydrogens (tertiary/aromatic N) is 9. The Morgan fingerprint density at radius 2 is 1.44 bits per heavy atom. The maximum absolute atomic E-state index is 13.9. The van der Waals surface area contributed by atoms with Gasteiger partial charge in [-0.1, -0.05) is 12.1 Å². The second-order valence-corrected chi connectivity index (χ2v) is 17.6. The zero-order chi connectivity index (χ0) is 43.1. The van der Waals surface area contributed by atoms with Gasteiger partial charge in [0.2, 0.25) is 11.8 Å². The minimum absolute atomic E-state index is 0.00192. The Labute approximate surface area is 360 Å². The van der Waals surface area contributed by atoms with Crippen molar-refractivity contribution in [1.82, 2.24) is 19.6 Å². The van der Waals surface area contributed by atoms with Crippen LogP contribution in [-0.4, -0.2) is 83.8 Å². The van der Waals surface area contributed by atoms with Crippen LogP contribution in [0.4, 0.5) is 36.1 Å². The molecule has 3 saturated heterocycles. The number of amides is 2. The fourth-order valence-electron chi connectivity index (χ4n) is 10.6. The molecule has 322 valence electrons. The number of likely N-dealkylation sites (tertiary alicyclic amines) is 1. The number of halogens is 3. The van der Waals surface area contributed by atoms with Crippen molar-refractivity contribution in [3.63, 3.8) is 0 Å². The number of aryl methyl sites for hydroxylation is 1. The maximum Gasteiger partial charge on any atom is 0.417 e. The molecule has 0 unspecified atom stereocenters. The number of benzene rings is 3. The van der Waals surface area contributed by atoms with E-state index in [-0.39, 0.29) is 29.3 Å². The molecule has 0 radical (unpaired) electrons. The smallest absolute Gasteiger partial charge is 0.371 e. The number of aromatic nitrogens is 2. The summed E-state index contributed by atoms with van der Waals surface area (Å²) in [6.45, 7) is 7.94. The average Bonchev–Trinajstić information content (AvgIpc) is 3.69. The monoisotopic (exact) mass is 843 g/mol. The summed E-state index contributed by atoms with van der Waals surface area (Å²) in [6.07, 6.45) is 2.97. The number of hydrogen-bond acceptors (Lipinski definition) is 8. The van der Waals surface area contributed by atoms with Crippen molar-refractivity contribution in [3.8, 4) is 12.1 Å². The lowest BCUT2D eigenvalue weighted by molar-refractivity contribution is -0.138. The summed E-state index contributed by atoms with van der Waals surface area (Å²) in [5.74, 6) is 1.54. The highest BCUT2D eigenvalue weighted by Gasteiger charge is 2.37. The molecule has 1 aromatic heterocycles. The number of carbonyl (C=O) groups is 2. The maximum atomic E-state index is 13.9. The number of nitriles is 2. The second-order valence-electron chi connectivity index (χ2n) is 17.6. The fraction of sp³-hybridized carbons (Fsp3) is 0.479. The highest BCUT2D eigenvalue weighted by molar-refractivity contribution is 5.79. The van der Waals surface area contributed by atoms with Crippen molar-refractivity contribution < 1.29 is 22.8 Å². The number of alkyl halides is 3. The normalized spacial score (nSPS) is 19.2. The zero-order valence-electron chi connectivity index (χ0n) is 35.2. The van der Waals surface area contributed by atoms with Crippen LogP contribution in [0, 0.1) is 28.6 Å². The molecule has 5 aliphatic rings. The summed E-state index contributed by atoms with van der Waals surface area (Å²) in [4.78, 5) is 37.0. The van der Waals surface area contributed by atoms with Crippen LogP contribution in [-0.2, 0) is 35.2 Å². The number of hydrogen-bond donors (Lipinski definition) is 0. The Morgan fingerprint density at radius 3 is 2.11 bits per heavy atom. The van der Waals surface area contributed by atoms with Gasteiger partial charge in [0.25, 0.3) is 0 Å². The Balaban J connectivity index is 0.788. The lowest BCUT2D eigenvalue weighted by Crippen LogP contribution is -2.46. The Bertz CT molecular complexity index is 2410. The first-order chi connectivity index (χ1) is 30.0. The number of anilines is 4. The van der Waals surface area contributed by atoms with Crippen LogP contribution in [0.5, 0.6) is 0 Å². The van der Waals surface area contributed by atoms with Crippen LogP contribution in [0.2, 0.25) is 0 Å². The summed E-state index contributed by atoms with van der Waals surface area (Å²) in [6, 6.07) is 22.7. The van der Waals surface area contributed by atoms with E-state index < -0.39 is 11.7 Å². The number of rotatable bonds is 6. The molecular formula is C48H52F3N9O2. The molecule has 62 heavy (non-hydrogen) atoms. The fourth-order valence-corrected chi connectivity index (χ4v) is 10.6. The van der Waals surface area contributed by atoms with Crippen LogP contribution >= 0.6 is 0 Å². The Kier molecular flexibility index (Phi) is 11.4. The van der Waals surface area contributed by atoms with Gasteiger partial charge in [-0.2, -0.15) is 28.8 Å². The molecule has 0 bridgehead atoms. The molecule has 5 aliphatic heterocycles. The molecule has 11 nitrogen and oxygen atoms in total. The van der Waals surface area contributed by atoms with Gasteiger partial charge in [0.15, 0.2) is 5.82 Å². The van der Waals surface area contributed by atoms with Crippen LogP contribution in [0.3, 0.4) is 0 Å². The quantitative estimate of drug-likeness (QED) is 0.191. The van der Waals surface area contributed by atoms with Gasteiger partial charge in [-0.3, -0.25) is 14.3 Å². The predicted octanol–water partition coefficient (Wildman–Crippen LogP) is 8.10. The summed E-state index contributed by atoms with van der Waals surface area (Å²) in [5.41, 5.74) is 6.83. The largest absolute Gasteiger partial charge is 0.417 e. The third-order valence-electron chi connectivity index (χ3n) is 14.1. The van der Waals surface area contributed by atoms with E-state index in [1.807, 2.05) is 28.0 Å². The van der Waals surface area contributed by atoms with Crippen molar-refractivity contribution >= 4 is 34.7 Å². The lowest BCUT2D eigenvalue weighted by atomic mass is 9.88. The molecule has 4 aromatic rings. The van der Waals surface area contributed by atoms with E-state index in [4.69, 9.17) is 10.4 Å². The van der Waals surface area contributed by atoms with Gasteiger partial charge in [0.05, 0.1) is 41.4 Å². The van der Waals surface area contributed by atoms with E-state index in [0.29, 0.717) is 56.4 Å². The molecule has 9 rings (SSSR count). The molecular weight excluding hydrogens is 792 g/mol. The van der Waals surface area contributed by atoms with E-state index in [1.54, 1.807) is 19.1 Å². The first kappa shape index (κ1) is 41.3. The summed E-state index contributed by atoms with van der Waals surface area (Å²) in [5, 5.41) is 24.0. The SMILES string of the molecule is CC(=O)N1CCc2c(c(N3CCCc4cc(C#N)ccc43)nn2C2CCN(C(=O)C3CCN(c4ccc(C5CCN(c6ccc(C#N)c(C(F)(F)F)c6)CC5)cc4)CC3)CC2)C1. The minimum atomic E-state index is -4.57. The van der Waals surface area contributed by atoms with Crippen molar-refractivity contribution in [2.24, 2.45) is 5.92 Å². The van der Waals surface area contributed by atoms with Crippen molar-refractivity contribution in [2.45, 2.75) is 89.4 Å². The summed E-state index contributed by atoms with van der Waals surface area (Å²) < 4.78 is 42.9. The van der Waals surface area contributed by atoms with E-state index in [0.717, 1.165) is 112 Å². The van der Waals surface area contributed by atoms with Crippen LogP contribution in [0.1, 0.15) is 103 Å². The molecule has 0 aliphatic carbocycles. The van der Waals surface area contributed by atoms with Gasteiger partial charge >= 0.3 is 6.18 Å².